The standard InChI is InChI=1S/C11H12ClN3O/c1-14-11(16)15-5-7-4-8(13)2-3-9(7)10(12)6-15/h2-4,6H,5,13H2,1H3,(H,14,16). The van der Waals surface area contributed by atoms with Crippen molar-refractivity contribution >= 4 is 28.4 Å². The Morgan fingerprint density at radius 3 is 3.00 bits per heavy atom. The van der Waals surface area contributed by atoms with Crippen LogP contribution in [-0.2, 0) is 6.54 Å². The highest BCUT2D eigenvalue weighted by Crippen LogP contribution is 2.30. The molecule has 2 amide bonds. The van der Waals surface area contributed by atoms with E-state index in [0.717, 1.165) is 11.1 Å². The van der Waals surface area contributed by atoms with Gasteiger partial charge in [-0.3, -0.25) is 4.90 Å². The Morgan fingerprint density at radius 2 is 2.31 bits per heavy atom. The summed E-state index contributed by atoms with van der Waals surface area (Å²) >= 11 is 6.09. The Bertz CT molecular complexity index is 470. The fraction of sp³-hybridized carbons (Fsp3) is 0.182. The number of halogens is 1. The van der Waals surface area contributed by atoms with Gasteiger partial charge in [-0.05, 0) is 23.3 Å². The molecular weight excluding hydrogens is 226 g/mol. The lowest BCUT2D eigenvalue weighted by Gasteiger charge is -2.25. The number of nitrogens with zero attached hydrogens (tertiary/aromatic N) is 1. The molecule has 0 aromatic heterocycles. The maximum Gasteiger partial charge on any atom is 0.321 e. The van der Waals surface area contributed by atoms with Gasteiger partial charge in [0.1, 0.15) is 0 Å². The number of nitrogens with two attached hydrogens (primary N) is 1. The van der Waals surface area contributed by atoms with Gasteiger partial charge in [0, 0.05) is 18.9 Å². The van der Waals surface area contributed by atoms with E-state index in [0.29, 0.717) is 17.3 Å². The van der Waals surface area contributed by atoms with Crippen LogP contribution in [-0.4, -0.2) is 18.0 Å². The molecule has 0 saturated heterocycles. The normalized spacial score (nSPS) is 14.1. The molecule has 0 aliphatic carbocycles. The van der Waals surface area contributed by atoms with E-state index in [-0.39, 0.29) is 6.03 Å². The summed E-state index contributed by atoms with van der Waals surface area (Å²) in [4.78, 5) is 13.0. The summed E-state index contributed by atoms with van der Waals surface area (Å²) in [5.41, 5.74) is 8.25. The predicted octanol–water partition coefficient (Wildman–Crippen LogP) is 1.96. The number of hydrogen-bond donors (Lipinski definition) is 2. The lowest BCUT2D eigenvalue weighted by atomic mass is 10.0. The molecule has 0 saturated carbocycles. The molecule has 1 aliphatic rings. The summed E-state index contributed by atoms with van der Waals surface area (Å²) in [5, 5.41) is 3.10. The zero-order valence-corrected chi connectivity index (χ0v) is 9.58. The number of urea groups is 1. The van der Waals surface area contributed by atoms with E-state index in [2.05, 4.69) is 5.32 Å². The number of anilines is 1. The van der Waals surface area contributed by atoms with Crippen LogP contribution in [0.4, 0.5) is 10.5 Å². The minimum absolute atomic E-state index is 0.189. The number of fused-ring (bicyclic) bond motifs is 1. The molecule has 84 valence electrons. The predicted molar refractivity (Wildman–Crippen MR) is 64.7 cm³/mol. The minimum Gasteiger partial charge on any atom is -0.399 e. The van der Waals surface area contributed by atoms with Crippen LogP contribution >= 0.6 is 11.6 Å². The van der Waals surface area contributed by atoms with Gasteiger partial charge in [-0.1, -0.05) is 17.7 Å². The first kappa shape index (κ1) is 10.8. The first-order chi connectivity index (χ1) is 7.61. The van der Waals surface area contributed by atoms with Gasteiger partial charge in [0.2, 0.25) is 0 Å². The van der Waals surface area contributed by atoms with Gasteiger partial charge in [-0.25, -0.2) is 4.79 Å². The number of hydrogen-bond acceptors (Lipinski definition) is 2. The summed E-state index contributed by atoms with van der Waals surface area (Å²) in [6, 6.07) is 5.31. The van der Waals surface area contributed by atoms with E-state index < -0.39 is 0 Å². The number of amides is 2. The van der Waals surface area contributed by atoms with Gasteiger partial charge < -0.3 is 11.1 Å². The second-order valence-electron chi connectivity index (χ2n) is 3.58. The number of benzene rings is 1. The van der Waals surface area contributed by atoms with E-state index >= 15 is 0 Å². The Kier molecular flexibility index (Phi) is 2.75. The summed E-state index contributed by atoms with van der Waals surface area (Å²) in [6.07, 6.45) is 1.62. The minimum atomic E-state index is -0.189. The van der Waals surface area contributed by atoms with Crippen molar-refractivity contribution in [1.82, 2.24) is 10.2 Å². The van der Waals surface area contributed by atoms with Crippen LogP contribution in [0.1, 0.15) is 11.1 Å². The second-order valence-corrected chi connectivity index (χ2v) is 3.98. The highest BCUT2D eigenvalue weighted by Gasteiger charge is 2.19. The molecule has 5 heteroatoms. The number of carbonyl (C=O) groups is 1. The summed E-state index contributed by atoms with van der Waals surface area (Å²) in [7, 11) is 1.58. The molecule has 0 atom stereocenters. The third-order valence-electron chi connectivity index (χ3n) is 2.47. The molecule has 1 heterocycles. The zero-order chi connectivity index (χ0) is 11.7. The Morgan fingerprint density at radius 1 is 1.56 bits per heavy atom. The smallest absolute Gasteiger partial charge is 0.321 e. The third-order valence-corrected chi connectivity index (χ3v) is 2.77. The van der Waals surface area contributed by atoms with Crippen LogP contribution in [0.2, 0.25) is 0 Å². The molecule has 0 fully saturated rings. The molecular formula is C11H12ClN3O. The third kappa shape index (κ3) is 1.84. The van der Waals surface area contributed by atoms with E-state index in [1.165, 1.54) is 4.90 Å². The van der Waals surface area contributed by atoms with Gasteiger partial charge in [-0.2, -0.15) is 0 Å². The number of nitrogen functional groups attached to an aromatic ring is 1. The van der Waals surface area contributed by atoms with E-state index in [1.54, 1.807) is 19.3 Å². The molecule has 1 aliphatic heterocycles. The maximum absolute atomic E-state index is 11.5. The molecule has 2 rings (SSSR count). The average molecular weight is 238 g/mol. The van der Waals surface area contributed by atoms with Crippen LogP contribution in [0.25, 0.3) is 5.03 Å². The van der Waals surface area contributed by atoms with Crippen molar-refractivity contribution in [3.63, 3.8) is 0 Å². The fourth-order valence-electron chi connectivity index (χ4n) is 1.69. The molecule has 0 spiro atoms. The van der Waals surface area contributed by atoms with Crippen molar-refractivity contribution in [2.75, 3.05) is 12.8 Å². The van der Waals surface area contributed by atoms with Crippen LogP contribution in [0, 0.1) is 0 Å². The summed E-state index contributed by atoms with van der Waals surface area (Å²) in [5.74, 6) is 0. The molecule has 1 aromatic rings. The Labute approximate surface area is 98.7 Å². The zero-order valence-electron chi connectivity index (χ0n) is 8.83. The number of carbonyl (C=O) groups excluding carboxylic acids is 1. The second kappa shape index (κ2) is 4.06. The average Bonchev–Trinajstić information content (AvgIpc) is 2.27. The lowest BCUT2D eigenvalue weighted by Crippen LogP contribution is -2.35. The topological polar surface area (TPSA) is 58.4 Å². The van der Waals surface area contributed by atoms with Crippen molar-refractivity contribution in [2.45, 2.75) is 6.54 Å². The molecule has 0 radical (unpaired) electrons. The fourth-order valence-corrected chi connectivity index (χ4v) is 1.99. The highest BCUT2D eigenvalue weighted by atomic mass is 35.5. The van der Waals surface area contributed by atoms with Crippen molar-refractivity contribution in [3.8, 4) is 0 Å². The van der Waals surface area contributed by atoms with Gasteiger partial charge in [0.25, 0.3) is 0 Å². The van der Waals surface area contributed by atoms with Crippen molar-refractivity contribution in [3.05, 3.63) is 35.5 Å². The molecule has 1 aromatic carbocycles. The van der Waals surface area contributed by atoms with Crippen LogP contribution in [0.3, 0.4) is 0 Å². The monoisotopic (exact) mass is 237 g/mol. The van der Waals surface area contributed by atoms with Crippen LogP contribution in [0.5, 0.6) is 0 Å². The molecule has 16 heavy (non-hydrogen) atoms. The Balaban J connectivity index is 2.39. The number of nitrogens with one attached hydrogen (secondary N) is 1. The molecule has 4 nitrogen and oxygen atoms in total. The lowest BCUT2D eigenvalue weighted by molar-refractivity contribution is 0.215. The van der Waals surface area contributed by atoms with Crippen molar-refractivity contribution in [1.29, 1.82) is 0 Å². The number of rotatable bonds is 0. The van der Waals surface area contributed by atoms with Gasteiger partial charge in [0.15, 0.2) is 0 Å². The van der Waals surface area contributed by atoms with Gasteiger partial charge in [-0.15, -0.1) is 0 Å². The van der Waals surface area contributed by atoms with E-state index in [1.807, 2.05) is 12.1 Å². The largest absolute Gasteiger partial charge is 0.399 e. The van der Waals surface area contributed by atoms with Crippen molar-refractivity contribution in [2.24, 2.45) is 0 Å². The summed E-state index contributed by atoms with van der Waals surface area (Å²) < 4.78 is 0. The molecule has 0 unspecified atom stereocenters. The van der Waals surface area contributed by atoms with Crippen LogP contribution < -0.4 is 11.1 Å². The molecule has 3 N–H and O–H groups in total. The van der Waals surface area contributed by atoms with Gasteiger partial charge in [0.05, 0.1) is 11.6 Å². The van der Waals surface area contributed by atoms with E-state index in [4.69, 9.17) is 17.3 Å². The molecule has 0 bridgehead atoms. The SMILES string of the molecule is CNC(=O)N1C=C(Cl)c2ccc(N)cc2C1. The van der Waals surface area contributed by atoms with Crippen LogP contribution in [0.15, 0.2) is 24.4 Å². The first-order valence-corrected chi connectivity index (χ1v) is 5.24. The van der Waals surface area contributed by atoms with Crippen molar-refractivity contribution < 1.29 is 4.79 Å². The van der Waals surface area contributed by atoms with E-state index in [9.17, 15) is 4.79 Å². The Hall–Kier alpha value is -1.68. The van der Waals surface area contributed by atoms with Gasteiger partial charge >= 0.3 is 6.03 Å². The highest BCUT2D eigenvalue weighted by molar-refractivity contribution is 6.49. The maximum atomic E-state index is 11.5. The quantitative estimate of drug-likeness (QED) is 0.678. The summed E-state index contributed by atoms with van der Waals surface area (Å²) in [6.45, 7) is 0.482. The first-order valence-electron chi connectivity index (χ1n) is 4.86.